The lowest BCUT2D eigenvalue weighted by molar-refractivity contribution is -0.107. The van der Waals surface area contributed by atoms with Crippen molar-refractivity contribution in [3.05, 3.63) is 17.8 Å². The summed E-state index contributed by atoms with van der Waals surface area (Å²) in [6, 6.07) is 0.617. The lowest BCUT2D eigenvalue weighted by Gasteiger charge is -2.33. The number of piperidine rings is 1. The molecule has 94 valence electrons. The second-order valence-electron chi connectivity index (χ2n) is 4.95. The molecule has 0 aromatic carbocycles. The van der Waals surface area contributed by atoms with Crippen molar-refractivity contribution in [1.82, 2.24) is 9.88 Å². The summed E-state index contributed by atoms with van der Waals surface area (Å²) in [6.45, 7) is 6.67. The standard InChI is InChI=1S/C13H20N2O2/c1-10(2)15-6-3-11(4-7-15)13-14-12(5-8-16)9-17-13/h8-11H,3-7H2,1-2H3. The maximum Gasteiger partial charge on any atom is 0.197 e. The average Bonchev–Trinajstić information content (AvgIpc) is 2.78. The van der Waals surface area contributed by atoms with Crippen LogP contribution in [0.3, 0.4) is 0 Å². The Bertz CT molecular complexity index is 365. The van der Waals surface area contributed by atoms with Crippen molar-refractivity contribution < 1.29 is 9.21 Å². The molecule has 1 aliphatic rings. The highest BCUT2D eigenvalue weighted by Crippen LogP contribution is 2.28. The maximum absolute atomic E-state index is 10.4. The molecular formula is C13H20N2O2. The molecule has 4 heteroatoms. The summed E-state index contributed by atoms with van der Waals surface area (Å²) in [7, 11) is 0. The molecule has 4 nitrogen and oxygen atoms in total. The van der Waals surface area contributed by atoms with E-state index in [1.807, 2.05) is 0 Å². The summed E-state index contributed by atoms with van der Waals surface area (Å²) in [5, 5.41) is 0. The number of rotatable bonds is 4. The number of carbonyl (C=O) groups excluding carboxylic acids is 1. The smallest absolute Gasteiger partial charge is 0.197 e. The van der Waals surface area contributed by atoms with E-state index in [9.17, 15) is 4.79 Å². The van der Waals surface area contributed by atoms with E-state index in [1.54, 1.807) is 6.26 Å². The zero-order valence-corrected chi connectivity index (χ0v) is 10.6. The molecule has 17 heavy (non-hydrogen) atoms. The van der Waals surface area contributed by atoms with Crippen molar-refractivity contribution in [1.29, 1.82) is 0 Å². The van der Waals surface area contributed by atoms with Crippen LogP contribution in [0.1, 0.15) is 44.2 Å². The number of aromatic nitrogens is 1. The first-order valence-electron chi connectivity index (χ1n) is 6.32. The highest BCUT2D eigenvalue weighted by atomic mass is 16.3. The van der Waals surface area contributed by atoms with Crippen molar-refractivity contribution in [2.75, 3.05) is 13.1 Å². The van der Waals surface area contributed by atoms with Crippen LogP contribution in [0.2, 0.25) is 0 Å². The number of oxazole rings is 1. The summed E-state index contributed by atoms with van der Waals surface area (Å²) < 4.78 is 5.46. The lowest BCUT2D eigenvalue weighted by atomic mass is 9.96. The van der Waals surface area contributed by atoms with Crippen molar-refractivity contribution in [2.24, 2.45) is 0 Å². The van der Waals surface area contributed by atoms with Gasteiger partial charge in [0.25, 0.3) is 0 Å². The summed E-state index contributed by atoms with van der Waals surface area (Å²) in [5.41, 5.74) is 0.751. The molecule has 1 saturated heterocycles. The zero-order valence-electron chi connectivity index (χ0n) is 10.6. The topological polar surface area (TPSA) is 46.3 Å². The second kappa shape index (κ2) is 5.45. The van der Waals surface area contributed by atoms with Crippen LogP contribution in [0.4, 0.5) is 0 Å². The minimum atomic E-state index is 0.355. The molecule has 1 aromatic rings. The van der Waals surface area contributed by atoms with E-state index in [-0.39, 0.29) is 0 Å². The Balaban J connectivity index is 1.93. The number of carbonyl (C=O) groups is 1. The largest absolute Gasteiger partial charge is 0.448 e. The van der Waals surface area contributed by atoms with Gasteiger partial charge < -0.3 is 14.1 Å². The number of nitrogens with zero attached hydrogens (tertiary/aromatic N) is 2. The Morgan fingerprint density at radius 1 is 1.53 bits per heavy atom. The number of likely N-dealkylation sites (tertiary alicyclic amines) is 1. The van der Waals surface area contributed by atoms with Gasteiger partial charge >= 0.3 is 0 Å². The molecule has 2 heterocycles. The third-order valence-corrected chi connectivity index (χ3v) is 3.47. The first kappa shape index (κ1) is 12.3. The average molecular weight is 236 g/mol. The summed E-state index contributed by atoms with van der Waals surface area (Å²) in [6.07, 6.45) is 5.02. The van der Waals surface area contributed by atoms with E-state index >= 15 is 0 Å². The molecule has 0 spiro atoms. The molecule has 0 aliphatic carbocycles. The molecular weight excluding hydrogens is 216 g/mol. The normalized spacial score (nSPS) is 18.8. The molecule has 0 radical (unpaired) electrons. The van der Waals surface area contributed by atoms with E-state index in [0.717, 1.165) is 43.8 Å². The van der Waals surface area contributed by atoms with Crippen LogP contribution in [-0.2, 0) is 11.2 Å². The minimum absolute atomic E-state index is 0.355. The van der Waals surface area contributed by atoms with Gasteiger partial charge in [-0.3, -0.25) is 0 Å². The first-order valence-corrected chi connectivity index (χ1v) is 6.32. The summed E-state index contributed by atoms with van der Waals surface area (Å²) in [4.78, 5) is 17.2. The zero-order chi connectivity index (χ0) is 12.3. The van der Waals surface area contributed by atoms with Gasteiger partial charge in [0.2, 0.25) is 0 Å². The van der Waals surface area contributed by atoms with Crippen LogP contribution in [0.25, 0.3) is 0 Å². The molecule has 0 N–H and O–H groups in total. The van der Waals surface area contributed by atoms with E-state index < -0.39 is 0 Å². The number of aldehydes is 1. The fourth-order valence-corrected chi connectivity index (χ4v) is 2.35. The van der Waals surface area contributed by atoms with Crippen LogP contribution in [-0.4, -0.2) is 35.3 Å². The molecule has 1 fully saturated rings. The van der Waals surface area contributed by atoms with Gasteiger partial charge in [0.1, 0.15) is 12.5 Å². The molecule has 0 amide bonds. The molecule has 0 bridgehead atoms. The van der Waals surface area contributed by atoms with Gasteiger partial charge in [-0.15, -0.1) is 0 Å². The Morgan fingerprint density at radius 2 is 2.24 bits per heavy atom. The van der Waals surface area contributed by atoms with Gasteiger partial charge in [-0.2, -0.15) is 0 Å². The highest BCUT2D eigenvalue weighted by Gasteiger charge is 2.25. The van der Waals surface area contributed by atoms with Gasteiger partial charge in [0.05, 0.1) is 5.69 Å². The van der Waals surface area contributed by atoms with E-state index in [0.29, 0.717) is 18.4 Å². The number of hydrogen-bond acceptors (Lipinski definition) is 4. The molecule has 0 atom stereocenters. The van der Waals surface area contributed by atoms with Crippen LogP contribution in [0, 0.1) is 0 Å². The van der Waals surface area contributed by atoms with Crippen LogP contribution in [0.5, 0.6) is 0 Å². The van der Waals surface area contributed by atoms with Crippen LogP contribution < -0.4 is 0 Å². The highest BCUT2D eigenvalue weighted by molar-refractivity contribution is 5.53. The van der Waals surface area contributed by atoms with Gasteiger partial charge in [-0.25, -0.2) is 4.98 Å². The van der Waals surface area contributed by atoms with Crippen molar-refractivity contribution in [3.8, 4) is 0 Å². The monoisotopic (exact) mass is 236 g/mol. The van der Waals surface area contributed by atoms with Crippen molar-refractivity contribution in [3.63, 3.8) is 0 Å². The predicted octanol–water partition coefficient (Wildman–Crippen LogP) is 2.00. The van der Waals surface area contributed by atoms with Gasteiger partial charge in [0, 0.05) is 18.4 Å². The Labute approximate surface area is 102 Å². The van der Waals surface area contributed by atoms with Gasteiger partial charge in [0.15, 0.2) is 5.89 Å². The fraction of sp³-hybridized carbons (Fsp3) is 0.692. The minimum Gasteiger partial charge on any atom is -0.448 e. The Hall–Kier alpha value is -1.16. The first-order chi connectivity index (χ1) is 8.20. The summed E-state index contributed by atoms with van der Waals surface area (Å²) >= 11 is 0. The van der Waals surface area contributed by atoms with Gasteiger partial charge in [-0.05, 0) is 39.8 Å². The van der Waals surface area contributed by atoms with E-state index in [4.69, 9.17) is 4.42 Å². The van der Waals surface area contributed by atoms with E-state index in [1.165, 1.54) is 0 Å². The molecule has 2 rings (SSSR count). The quantitative estimate of drug-likeness (QED) is 0.750. The third kappa shape index (κ3) is 2.94. The maximum atomic E-state index is 10.4. The van der Waals surface area contributed by atoms with Crippen LogP contribution >= 0.6 is 0 Å². The second-order valence-corrected chi connectivity index (χ2v) is 4.95. The number of hydrogen-bond donors (Lipinski definition) is 0. The molecule has 0 unspecified atom stereocenters. The molecule has 1 aromatic heterocycles. The van der Waals surface area contributed by atoms with Crippen LogP contribution in [0.15, 0.2) is 10.7 Å². The van der Waals surface area contributed by atoms with Gasteiger partial charge in [-0.1, -0.05) is 0 Å². The Kier molecular flexibility index (Phi) is 3.94. The fourth-order valence-electron chi connectivity index (χ4n) is 2.35. The molecule has 1 aliphatic heterocycles. The lowest BCUT2D eigenvalue weighted by Crippen LogP contribution is -2.37. The summed E-state index contributed by atoms with van der Waals surface area (Å²) in [5.74, 6) is 1.23. The Morgan fingerprint density at radius 3 is 2.82 bits per heavy atom. The SMILES string of the molecule is CC(C)N1CCC(c2nc(CC=O)co2)CC1. The third-order valence-electron chi connectivity index (χ3n) is 3.47. The molecule has 0 saturated carbocycles. The van der Waals surface area contributed by atoms with Crippen molar-refractivity contribution in [2.45, 2.75) is 45.1 Å². The van der Waals surface area contributed by atoms with E-state index in [2.05, 4.69) is 23.7 Å². The van der Waals surface area contributed by atoms with Crippen molar-refractivity contribution >= 4 is 6.29 Å². The predicted molar refractivity (Wildman–Crippen MR) is 65.0 cm³/mol.